The van der Waals surface area contributed by atoms with Gasteiger partial charge in [0, 0.05) is 23.3 Å². The molecule has 0 unspecified atom stereocenters. The van der Waals surface area contributed by atoms with Crippen LogP contribution in [0, 0.1) is 0 Å². The van der Waals surface area contributed by atoms with Crippen molar-refractivity contribution in [1.82, 2.24) is 5.32 Å². The second-order valence-corrected chi connectivity index (χ2v) is 5.21. The highest BCUT2D eigenvalue weighted by Gasteiger charge is 2.15. The monoisotopic (exact) mass is 348 g/mol. The lowest BCUT2D eigenvalue weighted by atomic mass is 10.2. The molecule has 0 spiro atoms. The second-order valence-electron chi connectivity index (χ2n) is 4.80. The van der Waals surface area contributed by atoms with Crippen molar-refractivity contribution in [2.45, 2.75) is 6.54 Å². The smallest absolute Gasteiger partial charge is 0.313 e. The molecular weight excluding hydrogens is 332 g/mol. The van der Waals surface area contributed by atoms with E-state index >= 15 is 0 Å². The Bertz CT molecular complexity index is 749. The molecule has 0 saturated heterocycles. The lowest BCUT2D eigenvalue weighted by Crippen LogP contribution is -2.35. The topological polar surface area (TPSA) is 76.7 Å². The van der Waals surface area contributed by atoms with Crippen LogP contribution in [0.3, 0.4) is 0 Å². The predicted octanol–water partition coefficient (Wildman–Crippen LogP) is 2.61. The molecule has 0 radical (unpaired) electrons. The summed E-state index contributed by atoms with van der Waals surface area (Å²) in [6, 6.07) is 11.9. The summed E-state index contributed by atoms with van der Waals surface area (Å²) in [5, 5.41) is 5.54. The molecule has 6 nitrogen and oxygen atoms in total. The Balaban J connectivity index is 1.96. The van der Waals surface area contributed by atoms with Gasteiger partial charge in [-0.2, -0.15) is 0 Å². The fraction of sp³-hybridized carbons (Fsp3) is 0.176. The van der Waals surface area contributed by atoms with Crippen molar-refractivity contribution in [2.24, 2.45) is 0 Å². The third-order valence-corrected chi connectivity index (χ3v) is 3.61. The number of hydrogen-bond acceptors (Lipinski definition) is 4. The Kier molecular flexibility index (Phi) is 6.03. The highest BCUT2D eigenvalue weighted by atomic mass is 35.5. The molecule has 0 saturated carbocycles. The minimum atomic E-state index is -0.783. The molecule has 2 amide bonds. The van der Waals surface area contributed by atoms with Gasteiger partial charge in [-0.15, -0.1) is 0 Å². The van der Waals surface area contributed by atoms with Crippen molar-refractivity contribution < 1.29 is 19.1 Å². The summed E-state index contributed by atoms with van der Waals surface area (Å²) >= 11 is 6.00. The maximum atomic E-state index is 11.9. The third kappa shape index (κ3) is 4.39. The first-order valence-electron chi connectivity index (χ1n) is 7.09. The zero-order valence-corrected chi connectivity index (χ0v) is 14.0. The third-order valence-electron chi connectivity index (χ3n) is 3.24. The van der Waals surface area contributed by atoms with Crippen LogP contribution in [0.4, 0.5) is 5.69 Å². The van der Waals surface area contributed by atoms with Crippen LogP contribution in [0.25, 0.3) is 0 Å². The normalized spacial score (nSPS) is 9.96. The Hall–Kier alpha value is -2.73. The van der Waals surface area contributed by atoms with E-state index in [2.05, 4.69) is 10.6 Å². The summed E-state index contributed by atoms with van der Waals surface area (Å²) in [5.41, 5.74) is 1.15. The van der Waals surface area contributed by atoms with E-state index in [9.17, 15) is 9.59 Å². The van der Waals surface area contributed by atoms with Gasteiger partial charge >= 0.3 is 11.8 Å². The van der Waals surface area contributed by atoms with Gasteiger partial charge < -0.3 is 20.1 Å². The summed E-state index contributed by atoms with van der Waals surface area (Å²) in [6.07, 6.45) is 0. The minimum absolute atomic E-state index is 0.165. The molecule has 0 fully saturated rings. The van der Waals surface area contributed by atoms with Crippen molar-refractivity contribution in [1.29, 1.82) is 0 Å². The summed E-state index contributed by atoms with van der Waals surface area (Å²) in [4.78, 5) is 23.8. The molecular formula is C17H17ClN2O4. The maximum Gasteiger partial charge on any atom is 0.313 e. The number of methoxy groups -OCH3 is 2. The number of amides is 2. The number of carbonyl (C=O) groups is 2. The van der Waals surface area contributed by atoms with Gasteiger partial charge in [-0.3, -0.25) is 9.59 Å². The van der Waals surface area contributed by atoms with Crippen LogP contribution in [0.2, 0.25) is 5.02 Å². The average molecular weight is 349 g/mol. The quantitative estimate of drug-likeness (QED) is 0.814. The highest BCUT2D eigenvalue weighted by molar-refractivity contribution is 6.39. The fourth-order valence-corrected chi connectivity index (χ4v) is 2.20. The molecule has 2 N–H and O–H groups in total. The van der Waals surface area contributed by atoms with Gasteiger partial charge in [-0.1, -0.05) is 29.8 Å². The first-order chi connectivity index (χ1) is 11.5. The van der Waals surface area contributed by atoms with Crippen LogP contribution < -0.4 is 20.1 Å². The van der Waals surface area contributed by atoms with E-state index in [1.165, 1.54) is 14.2 Å². The van der Waals surface area contributed by atoms with Gasteiger partial charge in [-0.05, 0) is 23.8 Å². The number of benzene rings is 2. The van der Waals surface area contributed by atoms with Crippen LogP contribution in [-0.4, -0.2) is 26.0 Å². The summed E-state index contributed by atoms with van der Waals surface area (Å²) in [5.74, 6) is -0.565. The number of hydrogen-bond donors (Lipinski definition) is 2. The summed E-state index contributed by atoms with van der Waals surface area (Å²) in [6.45, 7) is 0.165. The van der Waals surface area contributed by atoms with Gasteiger partial charge in [0.2, 0.25) is 0 Å². The molecule has 0 atom stereocenters. The van der Waals surface area contributed by atoms with Crippen LogP contribution in [0.1, 0.15) is 5.56 Å². The van der Waals surface area contributed by atoms with Crippen molar-refractivity contribution in [2.75, 3.05) is 19.5 Å². The molecule has 126 valence electrons. The van der Waals surface area contributed by atoms with Gasteiger partial charge in [0.05, 0.1) is 14.2 Å². The second kappa shape index (κ2) is 8.21. The Morgan fingerprint density at radius 1 is 1.00 bits per heavy atom. The maximum absolute atomic E-state index is 11.9. The number of rotatable bonds is 5. The fourth-order valence-electron chi connectivity index (χ4n) is 2.00. The predicted molar refractivity (Wildman–Crippen MR) is 91.5 cm³/mol. The molecule has 2 aromatic rings. The summed E-state index contributed by atoms with van der Waals surface area (Å²) < 4.78 is 10.3. The Labute approximate surface area is 144 Å². The van der Waals surface area contributed by atoms with Crippen molar-refractivity contribution in [3.8, 4) is 11.5 Å². The molecule has 0 heterocycles. The van der Waals surface area contributed by atoms with Gasteiger partial charge in [0.15, 0.2) is 11.5 Å². The molecule has 7 heteroatoms. The van der Waals surface area contributed by atoms with E-state index in [1.54, 1.807) is 42.5 Å². The number of halogens is 1. The largest absolute Gasteiger partial charge is 0.493 e. The number of ether oxygens (including phenoxy) is 2. The number of anilines is 1. The zero-order chi connectivity index (χ0) is 17.5. The molecule has 2 aromatic carbocycles. The summed E-state index contributed by atoms with van der Waals surface area (Å²) in [7, 11) is 3.00. The van der Waals surface area contributed by atoms with Gasteiger partial charge in [0.1, 0.15) is 0 Å². The molecule has 0 aliphatic heterocycles. The SMILES string of the molecule is COc1ccc(NC(=O)C(=O)NCc2ccccc2Cl)cc1OC. The van der Waals surface area contributed by atoms with E-state index in [4.69, 9.17) is 21.1 Å². The Morgan fingerprint density at radius 3 is 2.38 bits per heavy atom. The molecule has 0 bridgehead atoms. The first kappa shape index (κ1) is 17.6. The highest BCUT2D eigenvalue weighted by Crippen LogP contribution is 2.29. The van der Waals surface area contributed by atoms with Crippen LogP contribution >= 0.6 is 11.6 Å². The molecule has 24 heavy (non-hydrogen) atoms. The first-order valence-corrected chi connectivity index (χ1v) is 7.47. The van der Waals surface area contributed by atoms with E-state index in [0.717, 1.165) is 5.56 Å². The van der Waals surface area contributed by atoms with Crippen molar-refractivity contribution in [3.05, 3.63) is 53.1 Å². The van der Waals surface area contributed by atoms with Crippen LogP contribution in [-0.2, 0) is 16.1 Å². The minimum Gasteiger partial charge on any atom is -0.493 e. The molecule has 0 aliphatic rings. The van der Waals surface area contributed by atoms with Crippen LogP contribution in [0.15, 0.2) is 42.5 Å². The molecule has 0 aromatic heterocycles. The molecule has 2 rings (SSSR count). The lowest BCUT2D eigenvalue weighted by molar-refractivity contribution is -0.136. The number of carbonyl (C=O) groups excluding carboxylic acids is 2. The van der Waals surface area contributed by atoms with Crippen LogP contribution in [0.5, 0.6) is 11.5 Å². The van der Waals surface area contributed by atoms with E-state index in [-0.39, 0.29) is 6.54 Å². The number of nitrogens with one attached hydrogen (secondary N) is 2. The zero-order valence-electron chi connectivity index (χ0n) is 13.3. The van der Waals surface area contributed by atoms with Gasteiger partial charge in [-0.25, -0.2) is 0 Å². The van der Waals surface area contributed by atoms with Crippen molar-refractivity contribution >= 4 is 29.1 Å². The van der Waals surface area contributed by atoms with Crippen molar-refractivity contribution in [3.63, 3.8) is 0 Å². The van der Waals surface area contributed by atoms with E-state index in [0.29, 0.717) is 22.2 Å². The van der Waals surface area contributed by atoms with Gasteiger partial charge in [0.25, 0.3) is 0 Å². The Morgan fingerprint density at radius 2 is 1.71 bits per heavy atom. The molecule has 0 aliphatic carbocycles. The van der Waals surface area contributed by atoms with E-state index < -0.39 is 11.8 Å². The average Bonchev–Trinajstić information content (AvgIpc) is 2.60. The lowest BCUT2D eigenvalue weighted by Gasteiger charge is -2.11. The van der Waals surface area contributed by atoms with E-state index in [1.807, 2.05) is 0 Å². The standard InChI is InChI=1S/C17H17ClN2O4/c1-23-14-8-7-12(9-15(14)24-2)20-17(22)16(21)19-10-11-5-3-4-6-13(11)18/h3-9H,10H2,1-2H3,(H,19,21)(H,20,22).